The minimum absolute atomic E-state index is 0.00610. The molecule has 0 aliphatic heterocycles. The topological polar surface area (TPSA) is 537 Å². The SMILES string of the molecule is C[C@@H](CCCN=C(N)N)C(=O)N[C@@H](CCC(N)=O)C(=O)N[C@H](C(=O)N[C@@H](CCCN=C(N)N)C(=O)N[C@@H](CO)C(=O)N[C@@H](CO)C(=O)N[C@H](C(=O)N[C@@H](CCC(=O)O)C(N)=O)[C@@H](C)O)[C@@H](C)O. The lowest BCUT2D eigenvalue weighted by atomic mass is 10.0. The molecule has 10 atom stereocenters. The van der Waals surface area contributed by atoms with Crippen molar-refractivity contribution in [2.75, 3.05) is 26.3 Å². The molecule has 0 spiro atoms. The molecule has 0 unspecified atom stereocenters. The number of rotatable bonds is 33. The Morgan fingerprint density at radius 1 is 0.463 bits per heavy atom. The summed E-state index contributed by atoms with van der Waals surface area (Å²) < 4.78 is 0. The molecule has 67 heavy (non-hydrogen) atoms. The van der Waals surface area contributed by atoms with E-state index in [1.807, 2.05) is 5.32 Å². The second-order valence-corrected chi connectivity index (χ2v) is 15.3. The number of aliphatic carboxylic acids is 1. The molecule has 0 aromatic heterocycles. The van der Waals surface area contributed by atoms with Crippen LogP contribution < -0.4 is 71.6 Å². The number of hydrogen-bond acceptors (Lipinski definition) is 16. The summed E-state index contributed by atoms with van der Waals surface area (Å²) >= 11 is 0. The Hall–Kier alpha value is -6.92. The van der Waals surface area contributed by atoms with Crippen molar-refractivity contribution in [1.29, 1.82) is 0 Å². The van der Waals surface area contributed by atoms with Gasteiger partial charge in [0.2, 0.25) is 53.2 Å². The summed E-state index contributed by atoms with van der Waals surface area (Å²) in [5, 5.41) is 65.2. The highest BCUT2D eigenvalue weighted by atomic mass is 16.4. The van der Waals surface area contributed by atoms with E-state index in [0.717, 1.165) is 13.8 Å². The van der Waals surface area contributed by atoms with Crippen LogP contribution in [0.15, 0.2) is 9.98 Å². The van der Waals surface area contributed by atoms with Crippen molar-refractivity contribution < 1.29 is 73.5 Å². The number of aliphatic imine (C=N–C) groups is 2. The van der Waals surface area contributed by atoms with Gasteiger partial charge in [-0.25, -0.2) is 0 Å². The molecule has 0 rings (SSSR count). The lowest BCUT2D eigenvalue weighted by molar-refractivity contribution is -0.139. The van der Waals surface area contributed by atoms with Gasteiger partial charge in [-0.3, -0.25) is 57.9 Å². The summed E-state index contributed by atoms with van der Waals surface area (Å²) in [4.78, 5) is 135. The summed E-state index contributed by atoms with van der Waals surface area (Å²) in [6, 6.07) is -12.1. The molecule has 0 saturated heterocycles. The molecule has 0 fully saturated rings. The number of guanidine groups is 2. The maximum atomic E-state index is 13.7. The lowest BCUT2D eigenvalue weighted by Crippen LogP contribution is -2.62. The number of aliphatic hydroxyl groups is 4. The highest BCUT2D eigenvalue weighted by Gasteiger charge is 2.36. The minimum atomic E-state index is -1.91. The van der Waals surface area contributed by atoms with Crippen molar-refractivity contribution in [2.45, 2.75) is 127 Å². The van der Waals surface area contributed by atoms with E-state index < -0.39 is 146 Å². The van der Waals surface area contributed by atoms with Crippen LogP contribution in [0.5, 0.6) is 0 Å². The monoisotopic (exact) mass is 961 g/mol. The van der Waals surface area contributed by atoms with E-state index in [2.05, 4.69) is 41.9 Å². The molecule has 30 nitrogen and oxygen atoms in total. The predicted molar refractivity (Wildman–Crippen MR) is 235 cm³/mol. The van der Waals surface area contributed by atoms with Gasteiger partial charge >= 0.3 is 5.97 Å². The Balaban J connectivity index is 6.25. The first-order valence-corrected chi connectivity index (χ1v) is 20.9. The van der Waals surface area contributed by atoms with Crippen LogP contribution in [0.2, 0.25) is 0 Å². The first kappa shape index (κ1) is 60.1. The number of nitrogens with one attached hydrogen (secondary N) is 7. The quantitative estimate of drug-likeness (QED) is 0.0165. The van der Waals surface area contributed by atoms with Crippen molar-refractivity contribution in [3.05, 3.63) is 0 Å². The van der Waals surface area contributed by atoms with E-state index in [0.29, 0.717) is 12.8 Å². The van der Waals surface area contributed by atoms with Gasteiger partial charge in [-0.1, -0.05) is 6.92 Å². The van der Waals surface area contributed by atoms with Crippen LogP contribution >= 0.6 is 0 Å². The average Bonchev–Trinajstić information content (AvgIpc) is 3.23. The highest BCUT2D eigenvalue weighted by molar-refractivity contribution is 5.98. The Bertz CT molecular complexity index is 1770. The van der Waals surface area contributed by atoms with Gasteiger partial charge in [-0.05, 0) is 52.4 Å². The fourth-order valence-electron chi connectivity index (χ4n) is 5.71. The first-order chi connectivity index (χ1) is 31.2. The van der Waals surface area contributed by atoms with Gasteiger partial charge in [-0.2, -0.15) is 0 Å². The molecule has 24 N–H and O–H groups in total. The number of nitrogens with two attached hydrogens (primary N) is 6. The normalized spacial score (nSPS) is 15.3. The molecule has 0 saturated carbocycles. The van der Waals surface area contributed by atoms with Crippen LogP contribution in [0.25, 0.3) is 0 Å². The van der Waals surface area contributed by atoms with E-state index in [4.69, 9.17) is 39.5 Å². The van der Waals surface area contributed by atoms with Crippen molar-refractivity contribution in [1.82, 2.24) is 37.2 Å². The van der Waals surface area contributed by atoms with Crippen LogP contribution in [0.4, 0.5) is 0 Å². The Morgan fingerprint density at radius 3 is 1.22 bits per heavy atom. The predicted octanol–water partition coefficient (Wildman–Crippen LogP) is -9.51. The number of nitrogens with zero attached hydrogens (tertiary/aromatic N) is 2. The molecule has 0 heterocycles. The fourth-order valence-corrected chi connectivity index (χ4v) is 5.71. The van der Waals surface area contributed by atoms with Crippen molar-refractivity contribution in [3.8, 4) is 0 Å². The Morgan fingerprint density at radius 2 is 0.821 bits per heavy atom. The minimum Gasteiger partial charge on any atom is -0.481 e. The van der Waals surface area contributed by atoms with Crippen molar-refractivity contribution >= 4 is 71.1 Å². The third kappa shape index (κ3) is 24.3. The van der Waals surface area contributed by atoms with Crippen LogP contribution in [-0.2, 0) is 47.9 Å². The summed E-state index contributed by atoms with van der Waals surface area (Å²) in [5.74, 6) is -12.1. The van der Waals surface area contributed by atoms with Gasteiger partial charge < -0.3 is 97.2 Å². The van der Waals surface area contributed by atoms with Crippen LogP contribution in [-0.4, -0.2) is 177 Å². The number of hydrogen-bond donors (Lipinski definition) is 18. The first-order valence-electron chi connectivity index (χ1n) is 20.9. The van der Waals surface area contributed by atoms with E-state index in [1.165, 1.54) is 0 Å². The molecule has 0 aliphatic carbocycles. The highest BCUT2D eigenvalue weighted by Crippen LogP contribution is 2.10. The van der Waals surface area contributed by atoms with Crippen LogP contribution in [0.1, 0.15) is 72.1 Å². The molecule has 0 bridgehead atoms. The fraction of sp³-hybridized carbons (Fsp3) is 0.676. The number of carboxylic acids is 1. The molecule has 0 aromatic carbocycles. The average molecular weight is 962 g/mol. The zero-order chi connectivity index (χ0) is 51.6. The van der Waals surface area contributed by atoms with Gasteiger partial charge in [0.05, 0.1) is 25.4 Å². The summed E-state index contributed by atoms with van der Waals surface area (Å²) in [6.07, 6.45) is -4.63. The molecule has 0 aromatic rings. The molecule has 0 radical (unpaired) electrons. The second-order valence-electron chi connectivity index (χ2n) is 15.3. The standard InChI is InChI=1S/C37H67N15O15/c1-16(6-4-12-44-36(40)41)29(61)47-21(8-10-24(38)57)31(63)51-27(18(3)56)35(67)48-20(7-5-13-45-37(42)43)30(62)49-22(14-53)32(64)50-23(15-54)33(65)52-26(17(2)55)34(66)46-19(28(39)60)9-11-25(58)59/h16-23,26-27,53-56H,4-15H2,1-3H3,(H2,38,57)(H2,39,60)(H,46,66)(H,47,61)(H,48,67)(H,49,62)(H,50,64)(H,51,63)(H,52,65)(H,58,59)(H4,40,41,44)(H4,42,43,45)/t16-,17+,18+,19-,20-,21-,22-,23-,26-,27-/m0/s1. The van der Waals surface area contributed by atoms with Gasteiger partial charge in [0.25, 0.3) is 0 Å². The molecular formula is C37H67N15O15. The number of carbonyl (C=O) groups is 10. The summed E-state index contributed by atoms with van der Waals surface area (Å²) in [7, 11) is 0. The Kier molecular flexibility index (Phi) is 27.9. The van der Waals surface area contributed by atoms with Crippen molar-refractivity contribution in [2.24, 2.45) is 50.3 Å². The van der Waals surface area contributed by atoms with E-state index >= 15 is 0 Å². The number of aliphatic hydroxyl groups excluding tert-OH is 4. The maximum Gasteiger partial charge on any atom is 0.303 e. The molecule has 0 aliphatic rings. The van der Waals surface area contributed by atoms with E-state index in [9.17, 15) is 68.4 Å². The largest absolute Gasteiger partial charge is 0.481 e. The lowest BCUT2D eigenvalue weighted by Gasteiger charge is -2.28. The van der Waals surface area contributed by atoms with Crippen LogP contribution in [0.3, 0.4) is 0 Å². The smallest absolute Gasteiger partial charge is 0.303 e. The summed E-state index contributed by atoms with van der Waals surface area (Å²) in [5.41, 5.74) is 31.9. The molecule has 380 valence electrons. The van der Waals surface area contributed by atoms with E-state index in [-0.39, 0.29) is 50.7 Å². The van der Waals surface area contributed by atoms with Crippen LogP contribution in [0, 0.1) is 5.92 Å². The van der Waals surface area contributed by atoms with Gasteiger partial charge in [0.1, 0.15) is 42.3 Å². The maximum absolute atomic E-state index is 13.7. The zero-order valence-electron chi connectivity index (χ0n) is 37.4. The number of carboxylic acid groups (broad SMARTS) is 1. The number of primary amides is 2. The third-order valence-electron chi connectivity index (χ3n) is 9.49. The molecular weight excluding hydrogens is 894 g/mol. The van der Waals surface area contributed by atoms with Crippen molar-refractivity contribution in [3.63, 3.8) is 0 Å². The summed E-state index contributed by atoms with van der Waals surface area (Å²) in [6.45, 7) is 1.58. The number of carbonyl (C=O) groups excluding carboxylic acids is 9. The van der Waals surface area contributed by atoms with E-state index in [1.54, 1.807) is 6.92 Å². The molecule has 9 amide bonds. The Labute approximate surface area is 384 Å². The third-order valence-corrected chi connectivity index (χ3v) is 9.49. The second kappa shape index (κ2) is 31.1. The van der Waals surface area contributed by atoms with Gasteiger partial charge in [0.15, 0.2) is 11.9 Å². The number of amides is 9. The molecule has 30 heteroatoms. The van der Waals surface area contributed by atoms with Gasteiger partial charge in [-0.15, -0.1) is 0 Å². The van der Waals surface area contributed by atoms with Gasteiger partial charge in [0, 0.05) is 31.8 Å². The zero-order valence-corrected chi connectivity index (χ0v) is 37.4.